The van der Waals surface area contributed by atoms with Crippen molar-refractivity contribution in [1.82, 2.24) is 0 Å². The highest BCUT2D eigenvalue weighted by Crippen LogP contribution is 2.43. The van der Waals surface area contributed by atoms with Crippen LogP contribution in [0.3, 0.4) is 0 Å². The van der Waals surface area contributed by atoms with Gasteiger partial charge in [-0.15, -0.1) is 26.3 Å². The lowest BCUT2D eigenvalue weighted by Gasteiger charge is -2.10. The molecule has 104 valence electrons. The van der Waals surface area contributed by atoms with Gasteiger partial charge in [0.1, 0.15) is 5.58 Å². The first-order valence-electron chi connectivity index (χ1n) is 4.69. The van der Waals surface area contributed by atoms with Crippen LogP contribution in [0, 0.1) is 0 Å². The smallest absolute Gasteiger partial charge is 0.423 e. The summed E-state index contributed by atoms with van der Waals surface area (Å²) in [5, 5.41) is -0.279. The van der Waals surface area contributed by atoms with Crippen molar-refractivity contribution < 1.29 is 40.2 Å². The van der Waals surface area contributed by atoms with Gasteiger partial charge in [0.2, 0.25) is 5.75 Å². The van der Waals surface area contributed by atoms with E-state index in [1.165, 1.54) is 18.2 Å². The SMILES string of the molecule is FC(F)(F)Oc1oc2ccccc2c1OC(F)(F)F. The number of alkyl halides is 6. The summed E-state index contributed by atoms with van der Waals surface area (Å²) in [4.78, 5) is 0. The van der Waals surface area contributed by atoms with E-state index in [9.17, 15) is 26.3 Å². The van der Waals surface area contributed by atoms with Crippen molar-refractivity contribution in [3.05, 3.63) is 24.3 Å². The van der Waals surface area contributed by atoms with E-state index in [0.29, 0.717) is 0 Å². The van der Waals surface area contributed by atoms with Crippen LogP contribution in [-0.4, -0.2) is 12.7 Å². The Morgan fingerprint density at radius 2 is 1.42 bits per heavy atom. The summed E-state index contributed by atoms with van der Waals surface area (Å²) in [5.41, 5.74) is -0.221. The molecule has 0 N–H and O–H groups in total. The van der Waals surface area contributed by atoms with Crippen LogP contribution in [-0.2, 0) is 0 Å². The van der Waals surface area contributed by atoms with E-state index in [2.05, 4.69) is 13.9 Å². The lowest BCUT2D eigenvalue weighted by Crippen LogP contribution is -2.20. The summed E-state index contributed by atoms with van der Waals surface area (Å²) in [6.07, 6.45) is -10.4. The quantitative estimate of drug-likeness (QED) is 0.774. The molecule has 0 aliphatic carbocycles. The van der Waals surface area contributed by atoms with Gasteiger partial charge >= 0.3 is 18.7 Å². The third kappa shape index (κ3) is 3.24. The van der Waals surface area contributed by atoms with Crippen molar-refractivity contribution >= 4 is 11.0 Å². The Morgan fingerprint density at radius 3 is 2.00 bits per heavy atom. The Labute approximate surface area is 101 Å². The standard InChI is InChI=1S/C10H4F6O3/c11-9(12,13)18-7-5-3-1-2-4-6(5)17-8(7)19-10(14,15)16/h1-4H. The second-order valence-corrected chi connectivity index (χ2v) is 3.31. The van der Waals surface area contributed by atoms with Crippen molar-refractivity contribution in [3.8, 4) is 11.7 Å². The average Bonchev–Trinajstić information content (AvgIpc) is 2.52. The zero-order valence-electron chi connectivity index (χ0n) is 8.80. The Hall–Kier alpha value is -2.06. The van der Waals surface area contributed by atoms with Crippen LogP contribution in [0.25, 0.3) is 11.0 Å². The van der Waals surface area contributed by atoms with Crippen molar-refractivity contribution in [3.63, 3.8) is 0 Å². The molecule has 19 heavy (non-hydrogen) atoms. The highest BCUT2D eigenvalue weighted by Gasteiger charge is 2.39. The minimum Gasteiger partial charge on any atom is -0.423 e. The van der Waals surface area contributed by atoms with E-state index in [0.717, 1.165) is 6.07 Å². The summed E-state index contributed by atoms with van der Waals surface area (Å²) < 4.78 is 84.1. The predicted octanol–water partition coefficient (Wildman–Crippen LogP) is 4.23. The molecule has 9 heteroatoms. The maximum absolute atomic E-state index is 12.2. The molecule has 0 amide bonds. The molecule has 2 aromatic rings. The largest absolute Gasteiger partial charge is 0.575 e. The number of fused-ring (bicyclic) bond motifs is 1. The molecule has 0 spiro atoms. The van der Waals surface area contributed by atoms with Gasteiger partial charge in [0.15, 0.2) is 0 Å². The fourth-order valence-corrected chi connectivity index (χ4v) is 1.38. The molecule has 1 aromatic carbocycles. The first-order valence-corrected chi connectivity index (χ1v) is 4.69. The van der Waals surface area contributed by atoms with E-state index < -0.39 is 24.4 Å². The molecule has 2 rings (SSSR count). The monoisotopic (exact) mass is 286 g/mol. The molecule has 0 atom stereocenters. The molecular formula is C10H4F6O3. The fraction of sp³-hybridized carbons (Fsp3) is 0.200. The molecule has 0 aliphatic heterocycles. The summed E-state index contributed by atoms with van der Waals surface area (Å²) in [6.45, 7) is 0. The van der Waals surface area contributed by atoms with Gasteiger partial charge in [-0.05, 0) is 12.1 Å². The number of halogens is 6. The molecule has 1 aromatic heterocycles. The Kier molecular flexibility index (Phi) is 2.99. The van der Waals surface area contributed by atoms with E-state index >= 15 is 0 Å². The minimum atomic E-state index is -5.20. The lowest BCUT2D eigenvalue weighted by atomic mass is 10.2. The predicted molar refractivity (Wildman–Crippen MR) is 49.6 cm³/mol. The zero-order valence-corrected chi connectivity index (χ0v) is 8.80. The van der Waals surface area contributed by atoms with Gasteiger partial charge in [-0.2, -0.15) is 0 Å². The molecule has 0 fully saturated rings. The van der Waals surface area contributed by atoms with Crippen LogP contribution in [0.2, 0.25) is 0 Å². The molecule has 0 radical (unpaired) electrons. The van der Waals surface area contributed by atoms with Crippen LogP contribution in [0.1, 0.15) is 0 Å². The van der Waals surface area contributed by atoms with Crippen LogP contribution in [0.5, 0.6) is 11.7 Å². The number of rotatable bonds is 2. The minimum absolute atomic E-state index is 0.221. The molecule has 0 unspecified atom stereocenters. The van der Waals surface area contributed by atoms with E-state index in [-0.39, 0.29) is 11.0 Å². The molecule has 1 heterocycles. The number of hydrogen-bond acceptors (Lipinski definition) is 3. The van der Waals surface area contributed by atoms with Crippen LogP contribution < -0.4 is 9.47 Å². The van der Waals surface area contributed by atoms with E-state index in [4.69, 9.17) is 0 Å². The van der Waals surface area contributed by atoms with Gasteiger partial charge in [-0.1, -0.05) is 12.1 Å². The second-order valence-electron chi connectivity index (χ2n) is 3.31. The zero-order chi connectivity index (χ0) is 14.3. The Morgan fingerprint density at radius 1 is 0.842 bits per heavy atom. The second kappa shape index (κ2) is 4.25. The molecular weight excluding hydrogens is 282 g/mol. The van der Waals surface area contributed by atoms with Gasteiger partial charge in [-0.25, -0.2) is 0 Å². The summed E-state index contributed by atoms with van der Waals surface area (Å²) in [6, 6.07) is 4.99. The van der Waals surface area contributed by atoms with Crippen LogP contribution >= 0.6 is 0 Å². The highest BCUT2D eigenvalue weighted by atomic mass is 19.4. The van der Waals surface area contributed by atoms with E-state index in [1.54, 1.807) is 0 Å². The van der Waals surface area contributed by atoms with Gasteiger partial charge in [0.05, 0.1) is 5.39 Å². The molecule has 0 saturated heterocycles. The Bertz CT molecular complexity index is 583. The van der Waals surface area contributed by atoms with Crippen LogP contribution in [0.15, 0.2) is 28.7 Å². The number of hydrogen-bond donors (Lipinski definition) is 0. The Balaban J connectivity index is 2.52. The topological polar surface area (TPSA) is 31.6 Å². The van der Waals surface area contributed by atoms with E-state index in [1.807, 2.05) is 0 Å². The number of benzene rings is 1. The number of furan rings is 1. The van der Waals surface area contributed by atoms with Crippen molar-refractivity contribution in [2.45, 2.75) is 12.7 Å². The van der Waals surface area contributed by atoms with Crippen molar-refractivity contribution in [2.24, 2.45) is 0 Å². The fourth-order valence-electron chi connectivity index (χ4n) is 1.38. The highest BCUT2D eigenvalue weighted by molar-refractivity contribution is 5.86. The van der Waals surface area contributed by atoms with Crippen molar-refractivity contribution in [2.75, 3.05) is 0 Å². The third-order valence-electron chi connectivity index (χ3n) is 1.95. The third-order valence-corrected chi connectivity index (χ3v) is 1.95. The maximum Gasteiger partial charge on any atom is 0.575 e. The summed E-state index contributed by atoms with van der Waals surface area (Å²) in [5.74, 6) is -2.56. The molecule has 0 bridgehead atoms. The first-order chi connectivity index (χ1) is 8.66. The van der Waals surface area contributed by atoms with Crippen LogP contribution in [0.4, 0.5) is 26.3 Å². The van der Waals surface area contributed by atoms with Gasteiger partial charge in [-0.3, -0.25) is 0 Å². The number of ether oxygens (including phenoxy) is 2. The maximum atomic E-state index is 12.2. The summed E-state index contributed by atoms with van der Waals surface area (Å²) >= 11 is 0. The lowest BCUT2D eigenvalue weighted by molar-refractivity contribution is -0.291. The average molecular weight is 286 g/mol. The normalized spacial score (nSPS) is 12.7. The first kappa shape index (κ1) is 13.4. The van der Waals surface area contributed by atoms with Gasteiger partial charge in [0, 0.05) is 0 Å². The summed E-state index contributed by atoms with van der Waals surface area (Å²) in [7, 11) is 0. The molecule has 0 aliphatic rings. The van der Waals surface area contributed by atoms with Gasteiger partial charge in [0.25, 0.3) is 0 Å². The van der Waals surface area contributed by atoms with Crippen molar-refractivity contribution in [1.29, 1.82) is 0 Å². The van der Waals surface area contributed by atoms with Gasteiger partial charge < -0.3 is 13.9 Å². The molecule has 0 saturated carbocycles. The molecule has 3 nitrogen and oxygen atoms in total. The number of para-hydroxylation sites is 1.